The van der Waals surface area contributed by atoms with Gasteiger partial charge in [-0.25, -0.2) is 13.4 Å². The molecule has 14 heteroatoms. The molecule has 1 unspecified atom stereocenters. The van der Waals surface area contributed by atoms with E-state index in [2.05, 4.69) is 15.2 Å². The molecule has 1 aromatic carbocycles. The van der Waals surface area contributed by atoms with E-state index in [0.717, 1.165) is 9.96 Å². The van der Waals surface area contributed by atoms with E-state index in [4.69, 9.17) is 4.74 Å². The van der Waals surface area contributed by atoms with Gasteiger partial charge < -0.3 is 9.84 Å². The highest BCUT2D eigenvalue weighted by Crippen LogP contribution is 2.38. The molecule has 0 saturated heterocycles. The second kappa shape index (κ2) is 11.0. The minimum Gasteiger partial charge on any atom is -0.481 e. The summed E-state index contributed by atoms with van der Waals surface area (Å²) in [7, 11) is -4.05. The second-order valence-electron chi connectivity index (χ2n) is 10.2. The Bertz CT molecular complexity index is 1770. The normalized spacial score (nSPS) is 17.8. The standard InChI is InChI=1S/C28H28F3N5O5S/c1-4-19-15-35(42(39,40)23-6-5-10-32-26(23)41-19)14-18-12-16(2)7-8-21(18)22(13-24(37)38)20-9-11-36-25(17(20)3)33-34-27(36)28(29,30)31/h5-12,19,22H,4,13-15H2,1-3H3,(H,37,38)/t19-,22?/m1/s1. The van der Waals surface area contributed by atoms with Crippen LogP contribution in [0.25, 0.3) is 5.65 Å². The number of halogens is 3. The first kappa shape index (κ1) is 29.5. The maximum Gasteiger partial charge on any atom is 0.452 e. The van der Waals surface area contributed by atoms with Crippen LogP contribution in [0.4, 0.5) is 13.2 Å². The molecule has 0 amide bonds. The Morgan fingerprint density at radius 3 is 2.62 bits per heavy atom. The van der Waals surface area contributed by atoms with Crippen molar-refractivity contribution in [2.45, 2.75) is 63.3 Å². The van der Waals surface area contributed by atoms with Crippen molar-refractivity contribution in [3.8, 4) is 5.88 Å². The number of carboxylic acid groups (broad SMARTS) is 1. The number of aryl methyl sites for hydroxylation is 2. The molecule has 10 nitrogen and oxygen atoms in total. The molecule has 0 aliphatic carbocycles. The zero-order chi connectivity index (χ0) is 30.4. The van der Waals surface area contributed by atoms with Gasteiger partial charge in [-0.2, -0.15) is 17.5 Å². The monoisotopic (exact) mass is 603 g/mol. The lowest BCUT2D eigenvalue weighted by Gasteiger charge is -2.26. The van der Waals surface area contributed by atoms with Gasteiger partial charge in [-0.05, 0) is 60.7 Å². The molecule has 1 N–H and O–H groups in total. The lowest BCUT2D eigenvalue weighted by atomic mass is 9.83. The van der Waals surface area contributed by atoms with Crippen molar-refractivity contribution in [3.05, 3.63) is 82.4 Å². The van der Waals surface area contributed by atoms with Crippen LogP contribution in [0.2, 0.25) is 0 Å². The highest BCUT2D eigenvalue weighted by molar-refractivity contribution is 7.89. The number of fused-ring (bicyclic) bond motifs is 2. The molecule has 42 heavy (non-hydrogen) atoms. The number of benzene rings is 1. The number of alkyl halides is 3. The highest BCUT2D eigenvalue weighted by atomic mass is 32.2. The molecule has 4 heterocycles. The Hall–Kier alpha value is -4.04. The SMILES string of the molecule is CC[C@@H]1CN(Cc2cc(C)ccc2C(CC(=O)O)c2ccn3c(C(F)(F)F)nnc3c2C)S(=O)(=O)c2cccnc2O1. The van der Waals surface area contributed by atoms with Crippen molar-refractivity contribution >= 4 is 21.6 Å². The van der Waals surface area contributed by atoms with Crippen LogP contribution in [0.1, 0.15) is 59.3 Å². The van der Waals surface area contributed by atoms with Gasteiger partial charge in [0, 0.05) is 24.9 Å². The van der Waals surface area contributed by atoms with Crippen LogP contribution < -0.4 is 4.74 Å². The van der Waals surface area contributed by atoms with Gasteiger partial charge in [-0.1, -0.05) is 30.7 Å². The van der Waals surface area contributed by atoms with Crippen LogP contribution >= 0.6 is 0 Å². The Morgan fingerprint density at radius 2 is 1.93 bits per heavy atom. The number of sulfonamides is 1. The number of hydrogen-bond donors (Lipinski definition) is 1. The molecular formula is C28H28F3N5O5S. The van der Waals surface area contributed by atoms with Crippen LogP contribution in [0.15, 0.2) is 53.7 Å². The number of ether oxygens (including phenoxy) is 1. The van der Waals surface area contributed by atoms with Gasteiger partial charge >= 0.3 is 12.1 Å². The van der Waals surface area contributed by atoms with Gasteiger partial charge in [-0.3, -0.25) is 9.20 Å². The van der Waals surface area contributed by atoms with Gasteiger partial charge in [-0.15, -0.1) is 10.2 Å². The first-order chi connectivity index (χ1) is 19.8. The summed E-state index contributed by atoms with van der Waals surface area (Å²) in [6.07, 6.45) is -2.45. The van der Waals surface area contributed by atoms with Crippen molar-refractivity contribution in [1.82, 2.24) is 23.9 Å². The summed E-state index contributed by atoms with van der Waals surface area (Å²) >= 11 is 0. The molecule has 0 saturated carbocycles. The predicted octanol–water partition coefficient (Wildman–Crippen LogP) is 4.73. The molecule has 5 rings (SSSR count). The number of nitrogens with zero attached hydrogens (tertiary/aromatic N) is 5. The second-order valence-corrected chi connectivity index (χ2v) is 12.1. The quantitative estimate of drug-likeness (QED) is 0.321. The summed E-state index contributed by atoms with van der Waals surface area (Å²) in [5.74, 6) is -3.12. The smallest absolute Gasteiger partial charge is 0.452 e. The molecule has 2 atom stereocenters. The Labute approximate surface area is 239 Å². The first-order valence-corrected chi connectivity index (χ1v) is 14.6. The molecule has 0 radical (unpaired) electrons. The zero-order valence-corrected chi connectivity index (χ0v) is 23.8. The average molecular weight is 604 g/mol. The van der Waals surface area contributed by atoms with Crippen molar-refractivity contribution in [1.29, 1.82) is 0 Å². The fraction of sp³-hybridized carbons (Fsp3) is 0.357. The lowest BCUT2D eigenvalue weighted by Crippen LogP contribution is -2.36. The van der Waals surface area contributed by atoms with Gasteiger partial charge in [0.2, 0.25) is 21.7 Å². The summed E-state index contributed by atoms with van der Waals surface area (Å²) in [6, 6.07) is 9.69. The Morgan fingerprint density at radius 1 is 1.17 bits per heavy atom. The molecule has 1 aliphatic rings. The summed E-state index contributed by atoms with van der Waals surface area (Å²) in [4.78, 5) is 16.1. The van der Waals surface area contributed by atoms with Crippen LogP contribution in [0.3, 0.4) is 0 Å². The maximum absolute atomic E-state index is 13.8. The first-order valence-electron chi connectivity index (χ1n) is 13.2. The third kappa shape index (κ3) is 5.43. The number of hydrogen-bond acceptors (Lipinski definition) is 7. The van der Waals surface area contributed by atoms with E-state index in [1.54, 1.807) is 25.1 Å². The van der Waals surface area contributed by atoms with E-state index in [1.807, 2.05) is 13.8 Å². The summed E-state index contributed by atoms with van der Waals surface area (Å²) in [5.41, 5.74) is 2.64. The largest absolute Gasteiger partial charge is 0.481 e. The van der Waals surface area contributed by atoms with E-state index in [-0.39, 0.29) is 29.5 Å². The van der Waals surface area contributed by atoms with Gasteiger partial charge in [0.25, 0.3) is 0 Å². The van der Waals surface area contributed by atoms with Crippen molar-refractivity contribution in [2.24, 2.45) is 0 Å². The third-order valence-electron chi connectivity index (χ3n) is 7.39. The number of carboxylic acids is 1. The van der Waals surface area contributed by atoms with Crippen molar-refractivity contribution in [2.75, 3.05) is 6.54 Å². The van der Waals surface area contributed by atoms with Gasteiger partial charge in [0.1, 0.15) is 11.0 Å². The Balaban J connectivity index is 1.63. The molecular weight excluding hydrogens is 575 g/mol. The molecule has 4 aromatic rings. The van der Waals surface area contributed by atoms with E-state index in [1.165, 1.54) is 34.9 Å². The molecule has 0 fully saturated rings. The molecule has 222 valence electrons. The third-order valence-corrected chi connectivity index (χ3v) is 9.22. The Kier molecular flexibility index (Phi) is 7.70. The van der Waals surface area contributed by atoms with Crippen LogP contribution in [0, 0.1) is 13.8 Å². The highest BCUT2D eigenvalue weighted by Gasteiger charge is 2.38. The number of rotatable bonds is 7. The molecule has 0 bridgehead atoms. The minimum atomic E-state index is -4.73. The van der Waals surface area contributed by atoms with Crippen molar-refractivity contribution in [3.63, 3.8) is 0 Å². The van der Waals surface area contributed by atoms with E-state index in [9.17, 15) is 31.5 Å². The van der Waals surface area contributed by atoms with Crippen LogP contribution in [-0.4, -0.2) is 56.0 Å². The molecule has 1 aliphatic heterocycles. The fourth-order valence-electron chi connectivity index (χ4n) is 5.31. The summed E-state index contributed by atoms with van der Waals surface area (Å²) < 4.78 is 76.0. The maximum atomic E-state index is 13.8. The molecule has 3 aromatic heterocycles. The number of aliphatic carboxylic acids is 1. The van der Waals surface area contributed by atoms with E-state index < -0.39 is 46.4 Å². The van der Waals surface area contributed by atoms with E-state index >= 15 is 0 Å². The topological polar surface area (TPSA) is 127 Å². The van der Waals surface area contributed by atoms with E-state index in [0.29, 0.717) is 28.7 Å². The van der Waals surface area contributed by atoms with Crippen LogP contribution in [-0.2, 0) is 27.5 Å². The van der Waals surface area contributed by atoms with Gasteiger partial charge in [0.15, 0.2) is 5.65 Å². The summed E-state index contributed by atoms with van der Waals surface area (Å²) in [6.45, 7) is 5.22. The zero-order valence-electron chi connectivity index (χ0n) is 23.0. The van der Waals surface area contributed by atoms with Crippen LogP contribution in [0.5, 0.6) is 5.88 Å². The number of carbonyl (C=O) groups is 1. The lowest BCUT2D eigenvalue weighted by molar-refractivity contribution is -0.145. The minimum absolute atomic E-state index is 0.0236. The van der Waals surface area contributed by atoms with Crippen molar-refractivity contribution < 1.29 is 36.2 Å². The summed E-state index contributed by atoms with van der Waals surface area (Å²) in [5, 5.41) is 16.9. The van der Waals surface area contributed by atoms with Gasteiger partial charge in [0.05, 0.1) is 13.0 Å². The average Bonchev–Trinajstić information content (AvgIpc) is 3.33. The molecule has 0 spiro atoms. The number of pyridine rings is 2. The predicted molar refractivity (Wildman–Crippen MR) is 145 cm³/mol. The number of aromatic nitrogens is 4. The fourth-order valence-corrected chi connectivity index (χ4v) is 6.84.